The van der Waals surface area contributed by atoms with Crippen molar-refractivity contribution in [2.24, 2.45) is 0 Å². The predicted octanol–water partition coefficient (Wildman–Crippen LogP) is 0.761. The highest BCUT2D eigenvalue weighted by Crippen LogP contribution is 2.37. The first-order valence-electron chi connectivity index (χ1n) is 9.64. The van der Waals surface area contributed by atoms with Crippen LogP contribution in [0.3, 0.4) is 0 Å². The molecule has 1 atom stereocenters. The molecule has 1 aromatic rings. The fourth-order valence-electron chi connectivity index (χ4n) is 4.36. The second-order valence-electron chi connectivity index (χ2n) is 7.26. The van der Waals surface area contributed by atoms with Crippen molar-refractivity contribution in [3.63, 3.8) is 0 Å². The zero-order valence-corrected chi connectivity index (χ0v) is 15.9. The van der Waals surface area contributed by atoms with E-state index >= 15 is 0 Å². The first-order chi connectivity index (χ1) is 13.1. The van der Waals surface area contributed by atoms with Crippen LogP contribution in [0.5, 0.6) is 5.75 Å². The number of benzene rings is 1. The number of nitrogens with one attached hydrogen (secondary N) is 1. The van der Waals surface area contributed by atoms with Crippen molar-refractivity contribution < 1.29 is 19.4 Å². The van der Waals surface area contributed by atoms with Gasteiger partial charge < -0.3 is 20.1 Å². The van der Waals surface area contributed by atoms with Crippen LogP contribution in [-0.4, -0.2) is 72.2 Å². The van der Waals surface area contributed by atoms with Gasteiger partial charge in [0.05, 0.1) is 20.3 Å². The first kappa shape index (κ1) is 19.6. The Balaban J connectivity index is 1.62. The van der Waals surface area contributed by atoms with Crippen LogP contribution in [0.15, 0.2) is 24.3 Å². The number of methoxy groups -OCH3 is 1. The van der Waals surface area contributed by atoms with Gasteiger partial charge >= 0.3 is 0 Å². The summed E-state index contributed by atoms with van der Waals surface area (Å²) in [5.41, 5.74) is 0.349. The van der Waals surface area contributed by atoms with Crippen LogP contribution in [0.25, 0.3) is 0 Å². The van der Waals surface area contributed by atoms with E-state index in [2.05, 4.69) is 5.32 Å². The average Bonchev–Trinajstić information content (AvgIpc) is 3.07. The van der Waals surface area contributed by atoms with Gasteiger partial charge in [0.2, 0.25) is 11.8 Å². The molecule has 2 N–H and O–H groups in total. The number of hydrogen-bond donors (Lipinski definition) is 2. The molecule has 2 heterocycles. The Kier molecular flexibility index (Phi) is 6.34. The van der Waals surface area contributed by atoms with Crippen LogP contribution >= 0.6 is 0 Å². The Morgan fingerprint density at radius 1 is 1.26 bits per heavy atom. The molecule has 1 unspecified atom stereocenters. The number of ether oxygens (including phenoxy) is 1. The quantitative estimate of drug-likeness (QED) is 0.735. The molecule has 2 amide bonds. The predicted molar refractivity (Wildman–Crippen MR) is 101 cm³/mol. The normalized spacial score (nSPS) is 23.0. The van der Waals surface area contributed by atoms with Gasteiger partial charge in [-0.05, 0) is 38.3 Å². The lowest BCUT2D eigenvalue weighted by Crippen LogP contribution is -2.61. The lowest BCUT2D eigenvalue weighted by Gasteiger charge is -2.44. The third kappa shape index (κ3) is 4.09. The fourth-order valence-corrected chi connectivity index (χ4v) is 4.36. The summed E-state index contributed by atoms with van der Waals surface area (Å²) in [6, 6.07) is 7.60. The van der Waals surface area contributed by atoms with E-state index in [9.17, 15) is 14.7 Å². The summed E-state index contributed by atoms with van der Waals surface area (Å²) in [6.07, 6.45) is 3.39. The van der Waals surface area contributed by atoms with E-state index in [0.29, 0.717) is 19.6 Å². The first-order valence-corrected chi connectivity index (χ1v) is 9.64. The van der Waals surface area contributed by atoms with E-state index in [4.69, 9.17) is 4.74 Å². The van der Waals surface area contributed by atoms with Gasteiger partial charge in [0, 0.05) is 25.2 Å². The van der Waals surface area contributed by atoms with Crippen LogP contribution in [0.1, 0.15) is 31.2 Å². The van der Waals surface area contributed by atoms with E-state index in [0.717, 1.165) is 43.5 Å². The number of rotatable bonds is 7. The largest absolute Gasteiger partial charge is 0.496 e. The molecule has 0 aliphatic carbocycles. The maximum Gasteiger partial charge on any atom is 0.243 e. The monoisotopic (exact) mass is 375 g/mol. The molecule has 2 aliphatic rings. The Morgan fingerprint density at radius 2 is 2.00 bits per heavy atom. The van der Waals surface area contributed by atoms with E-state index < -0.39 is 5.54 Å². The number of carbonyl (C=O) groups excluding carboxylic acids is 2. The summed E-state index contributed by atoms with van der Waals surface area (Å²) in [6.45, 7) is 2.40. The van der Waals surface area contributed by atoms with Crippen molar-refractivity contribution in [2.75, 3.05) is 39.9 Å². The fraction of sp³-hybridized carbons (Fsp3) is 0.600. The molecule has 148 valence electrons. The van der Waals surface area contributed by atoms with Gasteiger partial charge in [-0.3, -0.25) is 14.5 Å². The van der Waals surface area contributed by atoms with Crippen molar-refractivity contribution in [1.82, 2.24) is 15.1 Å². The molecule has 0 saturated carbocycles. The number of aliphatic hydroxyl groups is 1. The minimum absolute atomic E-state index is 0.0266. The zero-order valence-electron chi connectivity index (χ0n) is 15.9. The second kappa shape index (κ2) is 8.71. The summed E-state index contributed by atoms with van der Waals surface area (Å²) >= 11 is 0. The van der Waals surface area contributed by atoms with Gasteiger partial charge in [-0.1, -0.05) is 18.2 Å². The number of carbonyl (C=O) groups is 2. The molecule has 0 radical (unpaired) electrons. The molecule has 7 nitrogen and oxygen atoms in total. The van der Waals surface area contributed by atoms with Crippen LogP contribution < -0.4 is 10.1 Å². The van der Waals surface area contributed by atoms with Crippen molar-refractivity contribution in [3.05, 3.63) is 29.8 Å². The van der Waals surface area contributed by atoms with Gasteiger partial charge in [0.1, 0.15) is 11.3 Å². The minimum atomic E-state index is -0.574. The maximum atomic E-state index is 13.0. The summed E-state index contributed by atoms with van der Waals surface area (Å²) in [4.78, 5) is 29.4. The molecule has 2 fully saturated rings. The van der Waals surface area contributed by atoms with E-state index in [-0.39, 0.29) is 25.0 Å². The molecule has 7 heteroatoms. The van der Waals surface area contributed by atoms with Gasteiger partial charge in [-0.25, -0.2) is 0 Å². The van der Waals surface area contributed by atoms with Crippen LogP contribution in [-0.2, 0) is 16.1 Å². The maximum absolute atomic E-state index is 13.0. The van der Waals surface area contributed by atoms with Crippen LogP contribution in [0.2, 0.25) is 0 Å². The molecule has 27 heavy (non-hydrogen) atoms. The summed E-state index contributed by atoms with van der Waals surface area (Å²) in [5, 5.41) is 12.2. The second-order valence-corrected chi connectivity index (χ2v) is 7.26. The molecule has 2 aliphatic heterocycles. The third-order valence-electron chi connectivity index (χ3n) is 5.70. The highest BCUT2D eigenvalue weighted by molar-refractivity contribution is 5.88. The molecular weight excluding hydrogens is 346 g/mol. The lowest BCUT2D eigenvalue weighted by atomic mass is 9.85. The summed E-state index contributed by atoms with van der Waals surface area (Å²) in [7, 11) is 1.61. The molecular formula is C20H29N3O4. The minimum Gasteiger partial charge on any atom is -0.496 e. The molecule has 0 aromatic heterocycles. The number of aliphatic hydroxyl groups excluding tert-OH is 1. The van der Waals surface area contributed by atoms with Gasteiger partial charge in [0.25, 0.3) is 0 Å². The highest BCUT2D eigenvalue weighted by Gasteiger charge is 2.50. The third-order valence-corrected chi connectivity index (χ3v) is 5.70. The van der Waals surface area contributed by atoms with E-state index in [1.807, 2.05) is 29.2 Å². The number of β-amino-alcohol motifs (C(OH)–C–C–N with tert-alkyl or cyclic N) is 1. The lowest BCUT2D eigenvalue weighted by molar-refractivity contribution is -0.148. The molecule has 0 bridgehead atoms. The Labute approximate surface area is 160 Å². The molecule has 1 spiro atoms. The molecule has 2 saturated heterocycles. The molecule has 3 rings (SSSR count). The average molecular weight is 375 g/mol. The number of para-hydroxylation sites is 1. The van der Waals surface area contributed by atoms with Gasteiger partial charge in [0.15, 0.2) is 0 Å². The standard InChI is InChI=1S/C20H29N3O4/c1-27-17-7-3-2-6-16(17)14-21-18(25)15-23-11-5-9-20(23)8-4-10-22(12-13-24)19(20)26/h2-3,6-7,24H,4-5,8-15H2,1H3,(H,21,25). The van der Waals surface area contributed by atoms with Crippen LogP contribution in [0, 0.1) is 0 Å². The number of piperidine rings is 1. The number of nitrogens with zero attached hydrogens (tertiary/aromatic N) is 2. The van der Waals surface area contributed by atoms with Gasteiger partial charge in [-0.2, -0.15) is 0 Å². The summed E-state index contributed by atoms with van der Waals surface area (Å²) in [5.74, 6) is 0.727. The van der Waals surface area contributed by atoms with Gasteiger partial charge in [-0.15, -0.1) is 0 Å². The van der Waals surface area contributed by atoms with Crippen LogP contribution in [0.4, 0.5) is 0 Å². The number of hydrogen-bond acceptors (Lipinski definition) is 5. The topological polar surface area (TPSA) is 82.1 Å². The van der Waals surface area contributed by atoms with Crippen molar-refractivity contribution in [1.29, 1.82) is 0 Å². The zero-order chi connectivity index (χ0) is 19.3. The smallest absolute Gasteiger partial charge is 0.243 e. The highest BCUT2D eigenvalue weighted by atomic mass is 16.5. The Morgan fingerprint density at radius 3 is 2.74 bits per heavy atom. The molecule has 1 aromatic carbocycles. The Hall–Kier alpha value is -2.12. The van der Waals surface area contributed by atoms with E-state index in [1.165, 1.54) is 0 Å². The van der Waals surface area contributed by atoms with Crippen molar-refractivity contribution in [3.8, 4) is 5.75 Å². The number of likely N-dealkylation sites (tertiary alicyclic amines) is 2. The SMILES string of the molecule is COc1ccccc1CNC(=O)CN1CCCC12CCCN(CCO)C2=O. The number of amides is 2. The van der Waals surface area contributed by atoms with Crippen molar-refractivity contribution >= 4 is 11.8 Å². The Bertz CT molecular complexity index is 679. The van der Waals surface area contributed by atoms with Crippen molar-refractivity contribution in [2.45, 2.75) is 37.8 Å². The van der Waals surface area contributed by atoms with E-state index in [1.54, 1.807) is 12.0 Å². The summed E-state index contributed by atoms with van der Waals surface area (Å²) < 4.78 is 5.32.